The molecule has 0 amide bonds. The number of phenols is 1. The van der Waals surface area contributed by atoms with Crippen LogP contribution in [0.3, 0.4) is 0 Å². The van der Waals surface area contributed by atoms with Gasteiger partial charge in [-0.25, -0.2) is 0 Å². The molecule has 3 aliphatic rings. The Morgan fingerprint density at radius 3 is 2.87 bits per heavy atom. The number of fused-ring (bicyclic) bond motifs is 1. The van der Waals surface area contributed by atoms with E-state index in [1.54, 1.807) is 13.2 Å². The third kappa shape index (κ3) is 2.04. The van der Waals surface area contributed by atoms with Gasteiger partial charge in [0.2, 0.25) is 0 Å². The summed E-state index contributed by atoms with van der Waals surface area (Å²) < 4.78 is 5.62. The maximum Gasteiger partial charge on any atom is 0.164 e. The first kappa shape index (κ1) is 14.8. The first-order chi connectivity index (χ1) is 11.1. The molecule has 2 aliphatic carbocycles. The van der Waals surface area contributed by atoms with Gasteiger partial charge in [0.05, 0.1) is 7.11 Å². The number of carbonyl (C=O) groups excluding carboxylic acids is 1. The maximum absolute atomic E-state index is 11.7. The molecule has 0 saturated heterocycles. The average molecular weight is 313 g/mol. The van der Waals surface area contributed by atoms with Gasteiger partial charge in [0.15, 0.2) is 17.3 Å². The standard InChI is InChI=1S/C19H23NO3/c1-20-10-6-12-11-15(22)18(23-2)17-16(12)14(20)5-9-19(17)7-3-13(21)4-8-19/h3,7,11,14,22H,4-6,8-10H2,1-2H3/t14-,19-/m0/s1. The number of phenolic OH excluding ortho intramolecular Hbond substituents is 1. The molecule has 0 saturated carbocycles. The maximum atomic E-state index is 11.7. The minimum absolute atomic E-state index is 0.170. The molecule has 1 aromatic rings. The number of aromatic hydroxyl groups is 1. The number of ketones is 1. The number of hydrogen-bond acceptors (Lipinski definition) is 4. The Balaban J connectivity index is 2.00. The topological polar surface area (TPSA) is 49.8 Å². The highest BCUT2D eigenvalue weighted by Crippen LogP contribution is 2.56. The van der Waals surface area contributed by atoms with Crippen molar-refractivity contribution < 1.29 is 14.6 Å². The summed E-state index contributed by atoms with van der Waals surface area (Å²) in [7, 11) is 3.80. The first-order valence-electron chi connectivity index (χ1n) is 8.41. The van der Waals surface area contributed by atoms with Crippen LogP contribution in [0.1, 0.15) is 48.4 Å². The van der Waals surface area contributed by atoms with Crippen molar-refractivity contribution in [1.29, 1.82) is 0 Å². The molecule has 1 N–H and O–H groups in total. The van der Waals surface area contributed by atoms with E-state index in [0.717, 1.165) is 37.8 Å². The Kier molecular flexibility index (Phi) is 3.27. The van der Waals surface area contributed by atoms with Gasteiger partial charge in [-0.05, 0) is 56.0 Å². The predicted octanol–water partition coefficient (Wildman–Crippen LogP) is 2.88. The van der Waals surface area contributed by atoms with Crippen LogP contribution in [-0.4, -0.2) is 36.5 Å². The second-order valence-corrected chi connectivity index (χ2v) is 7.12. The monoisotopic (exact) mass is 313 g/mol. The fraction of sp³-hybridized carbons (Fsp3) is 0.526. The van der Waals surface area contributed by atoms with Gasteiger partial charge in [0, 0.05) is 30.0 Å². The second kappa shape index (κ2) is 5.10. The average Bonchev–Trinajstić information content (AvgIpc) is 2.55. The van der Waals surface area contributed by atoms with Crippen LogP contribution in [0.4, 0.5) is 0 Å². The molecule has 2 atom stereocenters. The highest BCUT2D eigenvalue weighted by Gasteiger charge is 2.45. The van der Waals surface area contributed by atoms with Crippen molar-refractivity contribution in [3.05, 3.63) is 34.9 Å². The van der Waals surface area contributed by atoms with Crippen LogP contribution in [0.25, 0.3) is 0 Å². The summed E-state index contributed by atoms with van der Waals surface area (Å²) in [6.07, 6.45) is 8.22. The van der Waals surface area contributed by atoms with Gasteiger partial charge in [-0.2, -0.15) is 0 Å². The molecule has 122 valence electrons. The zero-order chi connectivity index (χ0) is 16.2. The molecule has 1 heterocycles. The zero-order valence-corrected chi connectivity index (χ0v) is 13.8. The molecule has 0 bridgehead atoms. The highest BCUT2D eigenvalue weighted by atomic mass is 16.5. The lowest BCUT2D eigenvalue weighted by molar-refractivity contribution is -0.115. The van der Waals surface area contributed by atoms with E-state index in [2.05, 4.69) is 18.0 Å². The van der Waals surface area contributed by atoms with E-state index in [1.807, 2.05) is 6.07 Å². The molecule has 0 radical (unpaired) electrons. The number of nitrogens with zero attached hydrogens (tertiary/aromatic N) is 1. The molecular formula is C19H23NO3. The number of ether oxygens (including phenoxy) is 1. The lowest BCUT2D eigenvalue weighted by Gasteiger charge is -2.47. The first-order valence-corrected chi connectivity index (χ1v) is 8.41. The van der Waals surface area contributed by atoms with Crippen molar-refractivity contribution in [3.63, 3.8) is 0 Å². The number of rotatable bonds is 1. The molecule has 0 fully saturated rings. The summed E-state index contributed by atoms with van der Waals surface area (Å²) in [6.45, 7) is 1.02. The molecule has 1 aliphatic heterocycles. The number of hydrogen-bond donors (Lipinski definition) is 1. The SMILES string of the molecule is COc1c(O)cc2c3c1[C@]1(C=CC(=O)CC1)CC[C@@H]3N(C)CC2. The summed E-state index contributed by atoms with van der Waals surface area (Å²) in [6, 6.07) is 2.27. The third-order valence-corrected chi connectivity index (χ3v) is 5.96. The Hall–Kier alpha value is -1.81. The van der Waals surface area contributed by atoms with Crippen molar-refractivity contribution in [2.45, 2.75) is 43.6 Å². The summed E-state index contributed by atoms with van der Waals surface area (Å²) >= 11 is 0. The van der Waals surface area contributed by atoms with Crippen LogP contribution in [0, 0.1) is 0 Å². The summed E-state index contributed by atoms with van der Waals surface area (Å²) in [5.41, 5.74) is 3.53. The number of benzene rings is 1. The lowest BCUT2D eigenvalue weighted by atomic mass is 9.62. The summed E-state index contributed by atoms with van der Waals surface area (Å²) in [5.74, 6) is 1.03. The quantitative estimate of drug-likeness (QED) is 0.866. The second-order valence-electron chi connectivity index (χ2n) is 7.12. The van der Waals surface area contributed by atoms with Crippen LogP contribution >= 0.6 is 0 Å². The summed E-state index contributed by atoms with van der Waals surface area (Å²) in [5, 5.41) is 10.5. The highest BCUT2D eigenvalue weighted by molar-refractivity contribution is 5.91. The van der Waals surface area contributed by atoms with Crippen LogP contribution in [0.5, 0.6) is 11.5 Å². The Morgan fingerprint density at radius 2 is 2.17 bits per heavy atom. The molecular weight excluding hydrogens is 290 g/mol. The number of likely N-dealkylation sites (N-methyl/N-ethyl adjacent to an activating group) is 1. The van der Waals surface area contributed by atoms with Gasteiger partial charge in [-0.15, -0.1) is 0 Å². The molecule has 4 rings (SSSR count). The molecule has 0 aromatic heterocycles. The number of carbonyl (C=O) groups is 1. The zero-order valence-electron chi connectivity index (χ0n) is 13.8. The van der Waals surface area contributed by atoms with Crippen molar-refractivity contribution in [3.8, 4) is 11.5 Å². The molecule has 1 aromatic carbocycles. The van der Waals surface area contributed by atoms with Gasteiger partial charge < -0.3 is 9.84 Å². The van der Waals surface area contributed by atoms with E-state index in [1.165, 1.54) is 11.1 Å². The smallest absolute Gasteiger partial charge is 0.164 e. The fourth-order valence-electron chi connectivity index (χ4n) is 4.75. The predicted molar refractivity (Wildman–Crippen MR) is 88.0 cm³/mol. The van der Waals surface area contributed by atoms with Gasteiger partial charge in [0.1, 0.15) is 0 Å². The largest absolute Gasteiger partial charge is 0.504 e. The molecule has 4 nitrogen and oxygen atoms in total. The minimum atomic E-state index is -0.170. The third-order valence-electron chi connectivity index (χ3n) is 5.96. The van der Waals surface area contributed by atoms with E-state index in [4.69, 9.17) is 4.74 Å². The van der Waals surface area contributed by atoms with Gasteiger partial charge in [-0.1, -0.05) is 6.08 Å². The van der Waals surface area contributed by atoms with E-state index >= 15 is 0 Å². The van der Waals surface area contributed by atoms with Gasteiger partial charge in [0.25, 0.3) is 0 Å². The molecule has 23 heavy (non-hydrogen) atoms. The molecule has 1 spiro atoms. The van der Waals surface area contributed by atoms with Crippen LogP contribution in [0.15, 0.2) is 18.2 Å². The number of allylic oxidation sites excluding steroid dienone is 2. The van der Waals surface area contributed by atoms with E-state index < -0.39 is 0 Å². The van der Waals surface area contributed by atoms with Crippen LogP contribution < -0.4 is 4.74 Å². The Labute approximate surface area is 136 Å². The Bertz CT molecular complexity index is 709. The molecule has 4 heteroatoms. The lowest BCUT2D eigenvalue weighted by Crippen LogP contribution is -2.41. The van der Waals surface area contributed by atoms with Crippen molar-refractivity contribution in [1.82, 2.24) is 4.90 Å². The van der Waals surface area contributed by atoms with Crippen LogP contribution in [-0.2, 0) is 16.6 Å². The fourth-order valence-corrected chi connectivity index (χ4v) is 4.75. The van der Waals surface area contributed by atoms with Crippen molar-refractivity contribution >= 4 is 5.78 Å². The molecule has 0 unspecified atom stereocenters. The minimum Gasteiger partial charge on any atom is -0.504 e. The summed E-state index contributed by atoms with van der Waals surface area (Å²) in [4.78, 5) is 14.1. The van der Waals surface area contributed by atoms with Crippen molar-refractivity contribution in [2.24, 2.45) is 0 Å². The normalized spacial score (nSPS) is 29.7. The van der Waals surface area contributed by atoms with Crippen LogP contribution in [0.2, 0.25) is 0 Å². The van der Waals surface area contributed by atoms with Gasteiger partial charge in [-0.3, -0.25) is 9.69 Å². The van der Waals surface area contributed by atoms with E-state index in [0.29, 0.717) is 18.2 Å². The van der Waals surface area contributed by atoms with Gasteiger partial charge >= 0.3 is 0 Å². The Morgan fingerprint density at radius 1 is 1.35 bits per heavy atom. The van der Waals surface area contributed by atoms with E-state index in [9.17, 15) is 9.90 Å². The number of methoxy groups -OCH3 is 1. The van der Waals surface area contributed by atoms with E-state index in [-0.39, 0.29) is 16.9 Å². The van der Waals surface area contributed by atoms with Crippen molar-refractivity contribution in [2.75, 3.05) is 20.7 Å².